The van der Waals surface area contributed by atoms with Gasteiger partial charge in [0.1, 0.15) is 18.3 Å². The van der Waals surface area contributed by atoms with E-state index in [0.717, 1.165) is 35.6 Å². The maximum absolute atomic E-state index is 14.3. The lowest BCUT2D eigenvalue weighted by Gasteiger charge is -2.34. The van der Waals surface area contributed by atoms with Crippen LogP contribution in [0.1, 0.15) is 50.2 Å². The number of carbonyl (C=O) groups excluding carboxylic acids is 2. The molecule has 8 nitrogen and oxygen atoms in total. The summed E-state index contributed by atoms with van der Waals surface area (Å²) in [6, 6.07) is 14.9. The molecule has 0 aromatic heterocycles. The van der Waals surface area contributed by atoms with E-state index in [-0.39, 0.29) is 34.1 Å². The van der Waals surface area contributed by atoms with Crippen LogP contribution in [0.5, 0.6) is 5.75 Å². The van der Waals surface area contributed by atoms with E-state index in [0.29, 0.717) is 27.8 Å². The molecule has 236 valence electrons. The minimum atomic E-state index is -4.25. The minimum absolute atomic E-state index is 0.00107. The second-order valence-electron chi connectivity index (χ2n) is 10.8. The number of anilines is 1. The summed E-state index contributed by atoms with van der Waals surface area (Å²) < 4.78 is 34.4. The molecule has 1 N–H and O–H groups in total. The number of hydrogen-bond donors (Lipinski definition) is 1. The number of ether oxygens (including phenoxy) is 1. The second-order valence-corrected chi connectivity index (χ2v) is 13.9. The Morgan fingerprint density at radius 3 is 2.25 bits per heavy atom. The van der Waals surface area contributed by atoms with Gasteiger partial charge in [0.15, 0.2) is 0 Å². The van der Waals surface area contributed by atoms with E-state index in [1.165, 1.54) is 42.3 Å². The number of methoxy groups -OCH3 is 1. The highest BCUT2D eigenvalue weighted by Gasteiger charge is 2.35. The molecule has 12 heteroatoms. The zero-order valence-corrected chi connectivity index (χ0v) is 27.9. The van der Waals surface area contributed by atoms with Gasteiger partial charge >= 0.3 is 0 Å². The van der Waals surface area contributed by atoms with Crippen molar-refractivity contribution in [3.05, 3.63) is 86.9 Å². The Balaban J connectivity index is 1.76. The van der Waals surface area contributed by atoms with Crippen molar-refractivity contribution in [3.8, 4) is 5.75 Å². The Labute approximate surface area is 274 Å². The number of rotatable bonds is 12. The zero-order valence-electron chi connectivity index (χ0n) is 24.9. The fraction of sp³-hybridized carbons (Fsp3) is 0.375. The molecule has 3 aromatic rings. The van der Waals surface area contributed by atoms with Gasteiger partial charge < -0.3 is 15.0 Å². The van der Waals surface area contributed by atoms with Gasteiger partial charge in [-0.1, -0.05) is 78.3 Å². The Morgan fingerprint density at radius 2 is 1.66 bits per heavy atom. The predicted molar refractivity (Wildman–Crippen MR) is 175 cm³/mol. The summed E-state index contributed by atoms with van der Waals surface area (Å²) in [5.41, 5.74) is 1.61. The number of benzene rings is 3. The number of halogens is 3. The summed E-state index contributed by atoms with van der Waals surface area (Å²) in [5, 5.41) is 4.02. The molecule has 0 unspecified atom stereocenters. The van der Waals surface area contributed by atoms with E-state index in [1.807, 2.05) is 13.8 Å². The maximum atomic E-state index is 14.3. The average Bonchev–Trinajstić information content (AvgIpc) is 3.50. The molecule has 0 aliphatic heterocycles. The van der Waals surface area contributed by atoms with Gasteiger partial charge in [0, 0.05) is 22.6 Å². The zero-order chi connectivity index (χ0) is 32.0. The van der Waals surface area contributed by atoms with Crippen LogP contribution >= 0.6 is 34.8 Å². The van der Waals surface area contributed by atoms with Crippen LogP contribution in [-0.4, -0.2) is 50.9 Å². The van der Waals surface area contributed by atoms with Crippen LogP contribution < -0.4 is 14.4 Å². The fourth-order valence-corrected chi connectivity index (χ4v) is 7.42. The molecule has 0 radical (unpaired) electrons. The molecule has 4 rings (SSSR count). The fourth-order valence-electron chi connectivity index (χ4n) is 5.30. The molecule has 2 amide bonds. The minimum Gasteiger partial charge on any atom is -0.495 e. The van der Waals surface area contributed by atoms with Gasteiger partial charge in [0.25, 0.3) is 10.0 Å². The van der Waals surface area contributed by atoms with E-state index >= 15 is 0 Å². The highest BCUT2D eigenvalue weighted by molar-refractivity contribution is 7.92. The van der Waals surface area contributed by atoms with Gasteiger partial charge in [0.05, 0.1) is 22.7 Å². The Kier molecular flexibility index (Phi) is 11.5. The largest absolute Gasteiger partial charge is 0.495 e. The summed E-state index contributed by atoms with van der Waals surface area (Å²) in [7, 11) is -2.80. The Morgan fingerprint density at radius 1 is 0.977 bits per heavy atom. The summed E-state index contributed by atoms with van der Waals surface area (Å²) in [6.45, 7) is 3.03. The van der Waals surface area contributed by atoms with Gasteiger partial charge in [-0.15, -0.1) is 0 Å². The molecule has 0 bridgehead atoms. The summed E-state index contributed by atoms with van der Waals surface area (Å²) in [5.74, 6) is -0.534. The van der Waals surface area contributed by atoms with Gasteiger partial charge in [-0.25, -0.2) is 8.42 Å². The molecular formula is C32H36Cl3N3O5S. The third-order valence-electron chi connectivity index (χ3n) is 7.75. The first-order valence-electron chi connectivity index (χ1n) is 14.4. The monoisotopic (exact) mass is 679 g/mol. The van der Waals surface area contributed by atoms with Crippen LogP contribution in [0.3, 0.4) is 0 Å². The third kappa shape index (κ3) is 7.99. The first-order valence-corrected chi connectivity index (χ1v) is 17.0. The van der Waals surface area contributed by atoms with E-state index in [9.17, 15) is 18.0 Å². The number of hydrogen-bond acceptors (Lipinski definition) is 5. The van der Waals surface area contributed by atoms with Crippen molar-refractivity contribution in [1.29, 1.82) is 0 Å². The van der Waals surface area contributed by atoms with Crippen molar-refractivity contribution >= 4 is 62.3 Å². The molecule has 1 aliphatic carbocycles. The Bertz CT molecular complexity index is 1600. The second kappa shape index (κ2) is 14.9. The van der Waals surface area contributed by atoms with Crippen LogP contribution in [0.25, 0.3) is 0 Å². The molecule has 0 spiro atoms. The Hall–Kier alpha value is -2.98. The molecule has 1 aliphatic rings. The first-order chi connectivity index (χ1) is 20.9. The van der Waals surface area contributed by atoms with Crippen LogP contribution in [0.2, 0.25) is 15.1 Å². The molecule has 1 fully saturated rings. The lowest BCUT2D eigenvalue weighted by atomic mass is 10.1. The topological polar surface area (TPSA) is 96.0 Å². The van der Waals surface area contributed by atoms with E-state index in [1.54, 1.807) is 30.3 Å². The summed E-state index contributed by atoms with van der Waals surface area (Å²) in [6.07, 6.45) is 4.11. The summed E-state index contributed by atoms with van der Waals surface area (Å²) >= 11 is 19.0. The van der Waals surface area contributed by atoms with Gasteiger partial charge in [0.2, 0.25) is 11.8 Å². The van der Waals surface area contributed by atoms with Gasteiger partial charge in [-0.2, -0.15) is 0 Å². The smallest absolute Gasteiger partial charge is 0.264 e. The van der Waals surface area contributed by atoms with Crippen molar-refractivity contribution < 1.29 is 22.7 Å². The highest BCUT2D eigenvalue weighted by Crippen LogP contribution is 2.33. The molecule has 3 aromatic carbocycles. The quantitative estimate of drug-likeness (QED) is 0.222. The first kappa shape index (κ1) is 33.9. The normalized spacial score (nSPS) is 14.2. The SMILES string of the molecule is CC[C@@H](C(=O)NC1CCCC1)N(Cc1ccc(Cl)cc1Cl)C(=O)CN(c1ccc(OC)c(Cl)c1)S(=O)(=O)c1ccc(C)cc1. The van der Waals surface area contributed by atoms with Crippen molar-refractivity contribution in [2.24, 2.45) is 0 Å². The van der Waals surface area contributed by atoms with E-state index in [4.69, 9.17) is 39.5 Å². The van der Waals surface area contributed by atoms with Crippen molar-refractivity contribution in [1.82, 2.24) is 10.2 Å². The van der Waals surface area contributed by atoms with Crippen LogP contribution in [-0.2, 0) is 26.2 Å². The highest BCUT2D eigenvalue weighted by atomic mass is 35.5. The molecule has 1 saturated carbocycles. The number of amides is 2. The van der Waals surface area contributed by atoms with Crippen LogP contribution in [0.15, 0.2) is 65.6 Å². The van der Waals surface area contributed by atoms with Gasteiger partial charge in [-0.3, -0.25) is 13.9 Å². The number of nitrogens with one attached hydrogen (secondary N) is 1. The average molecular weight is 681 g/mol. The number of aryl methyl sites for hydroxylation is 1. The molecular weight excluding hydrogens is 645 g/mol. The molecule has 0 saturated heterocycles. The standard InChI is InChI=1S/C32H36Cl3N3O5S/c1-4-29(32(40)36-24-7-5-6-8-24)37(19-22-11-12-23(33)17-27(22)34)31(39)20-38(25-13-16-30(43-3)28(35)18-25)44(41,42)26-14-9-21(2)10-15-26/h9-18,24,29H,4-8,19-20H2,1-3H3,(H,36,40)/t29-/m0/s1. The van der Waals surface area contributed by atoms with Crippen molar-refractivity contribution in [3.63, 3.8) is 0 Å². The molecule has 44 heavy (non-hydrogen) atoms. The van der Waals surface area contributed by atoms with Crippen molar-refractivity contribution in [2.75, 3.05) is 18.0 Å². The van der Waals surface area contributed by atoms with Crippen LogP contribution in [0, 0.1) is 6.92 Å². The van der Waals surface area contributed by atoms with Gasteiger partial charge in [-0.05, 0) is 74.2 Å². The summed E-state index contributed by atoms with van der Waals surface area (Å²) in [4.78, 5) is 29.3. The van der Waals surface area contributed by atoms with Crippen LogP contribution in [0.4, 0.5) is 5.69 Å². The third-order valence-corrected chi connectivity index (χ3v) is 10.4. The van der Waals surface area contributed by atoms with E-state index in [2.05, 4.69) is 5.32 Å². The predicted octanol–water partition coefficient (Wildman–Crippen LogP) is 7.03. The number of sulfonamides is 1. The van der Waals surface area contributed by atoms with E-state index < -0.39 is 28.5 Å². The number of nitrogens with zero attached hydrogens (tertiary/aromatic N) is 2. The maximum Gasteiger partial charge on any atom is 0.264 e. The molecule has 0 heterocycles. The number of carbonyl (C=O) groups is 2. The lowest BCUT2D eigenvalue weighted by molar-refractivity contribution is -0.140. The molecule has 1 atom stereocenters. The lowest BCUT2D eigenvalue weighted by Crippen LogP contribution is -2.53. The van der Waals surface area contributed by atoms with Crippen molar-refractivity contribution in [2.45, 2.75) is 69.5 Å².